The summed E-state index contributed by atoms with van der Waals surface area (Å²) in [7, 11) is 1.71. The van der Waals surface area contributed by atoms with Crippen molar-refractivity contribution in [2.45, 2.75) is 11.8 Å². The van der Waals surface area contributed by atoms with Gasteiger partial charge in [-0.2, -0.15) is 0 Å². The van der Waals surface area contributed by atoms with E-state index < -0.39 is 6.09 Å². The molecule has 0 atom stereocenters. The van der Waals surface area contributed by atoms with E-state index in [0.29, 0.717) is 165 Å². The predicted molar refractivity (Wildman–Crippen MR) is 270 cm³/mol. The Bertz CT molecular complexity index is 2040. The lowest BCUT2D eigenvalue weighted by Gasteiger charge is -2.19. The molecule has 0 spiro atoms. The van der Waals surface area contributed by atoms with Gasteiger partial charge < -0.3 is 71.8 Å². The van der Waals surface area contributed by atoms with Crippen LogP contribution < -0.4 is 5.32 Å². The fraction of sp³-hybridized carbons (Fsp3) is 0.527. The highest BCUT2D eigenvalue weighted by Gasteiger charge is 2.30. The molecule has 1 N–H and O–H groups in total. The summed E-state index contributed by atoms with van der Waals surface area (Å²) in [4.78, 5) is 26.5. The lowest BCUT2D eigenvalue weighted by Crippen LogP contribution is -2.32. The molecule has 2 amide bonds. The number of carbonyl (C=O) groups excluding carboxylic acids is 2. The maximum Gasteiger partial charge on any atom is 0.409 e. The van der Waals surface area contributed by atoms with E-state index >= 15 is 0 Å². The van der Waals surface area contributed by atoms with Crippen LogP contribution in [0.15, 0.2) is 97.1 Å². The summed E-state index contributed by atoms with van der Waals surface area (Å²) in [5.74, 6) is 0.0607. The maximum absolute atomic E-state index is 12.7. The molecule has 0 aromatic heterocycles. The molecule has 0 aliphatic heterocycles. The van der Waals surface area contributed by atoms with Crippen molar-refractivity contribution in [1.29, 1.82) is 0 Å². The fourth-order valence-electron chi connectivity index (χ4n) is 8.17. The van der Waals surface area contributed by atoms with Gasteiger partial charge in [0.15, 0.2) is 0 Å². The smallest absolute Gasteiger partial charge is 0.409 e. The van der Waals surface area contributed by atoms with Crippen LogP contribution >= 0.6 is 0 Å². The van der Waals surface area contributed by atoms with E-state index in [1.807, 2.05) is 48.5 Å². The van der Waals surface area contributed by atoms with Gasteiger partial charge in [-0.25, -0.2) is 9.59 Å². The summed E-state index contributed by atoms with van der Waals surface area (Å²) >= 11 is 0. The lowest BCUT2D eigenvalue weighted by molar-refractivity contribution is -0.0275. The highest BCUT2D eigenvalue weighted by molar-refractivity contribution is 5.80. The van der Waals surface area contributed by atoms with E-state index in [9.17, 15) is 9.59 Å². The van der Waals surface area contributed by atoms with E-state index in [-0.39, 0.29) is 24.5 Å². The molecule has 17 nitrogen and oxygen atoms in total. The highest BCUT2D eigenvalue weighted by Crippen LogP contribution is 2.45. The number of nitrogens with zero attached hydrogens (tertiary/aromatic N) is 1. The second-order valence-corrected chi connectivity index (χ2v) is 16.7. The maximum atomic E-state index is 12.7. The van der Waals surface area contributed by atoms with E-state index in [4.69, 9.17) is 61.6 Å². The number of hydrogen-bond donors (Lipinski definition) is 1. The number of hydrogen-bond acceptors (Lipinski definition) is 15. The van der Waals surface area contributed by atoms with Crippen LogP contribution in [0.2, 0.25) is 0 Å². The van der Waals surface area contributed by atoms with Gasteiger partial charge in [0, 0.05) is 32.0 Å². The number of carbonyl (C=O) groups is 2. The third-order valence-electron chi connectivity index (χ3n) is 11.8. The minimum absolute atomic E-state index is 0.0296. The van der Waals surface area contributed by atoms with E-state index in [0.717, 1.165) is 0 Å². The van der Waals surface area contributed by atoms with Crippen LogP contribution in [0, 0.1) is 0 Å². The van der Waals surface area contributed by atoms with Crippen molar-refractivity contribution in [3.05, 3.63) is 119 Å². The van der Waals surface area contributed by atoms with Crippen molar-refractivity contribution in [2.75, 3.05) is 179 Å². The van der Waals surface area contributed by atoms with Crippen molar-refractivity contribution in [3.8, 4) is 22.3 Å². The molecule has 0 fully saturated rings. The molecule has 72 heavy (non-hydrogen) atoms. The summed E-state index contributed by atoms with van der Waals surface area (Å²) < 4.78 is 72.3. The van der Waals surface area contributed by atoms with Gasteiger partial charge in [0.25, 0.3) is 0 Å². The van der Waals surface area contributed by atoms with Crippen LogP contribution in [-0.2, 0) is 61.6 Å². The molecule has 2 aliphatic rings. The summed E-state index contributed by atoms with van der Waals surface area (Å²) in [6.45, 7) is 11.3. The van der Waals surface area contributed by atoms with Crippen LogP contribution in [0.4, 0.5) is 9.59 Å². The summed E-state index contributed by atoms with van der Waals surface area (Å²) in [6, 6.07) is 33.1. The fourth-order valence-corrected chi connectivity index (χ4v) is 8.17. The van der Waals surface area contributed by atoms with Gasteiger partial charge in [-0.05, 0) is 44.5 Å². The van der Waals surface area contributed by atoms with Gasteiger partial charge in [0.05, 0.1) is 145 Å². The number of ether oxygens (including phenoxy) is 13. The minimum atomic E-state index is -0.457. The Labute approximate surface area is 424 Å². The van der Waals surface area contributed by atoms with E-state index in [1.54, 1.807) is 7.05 Å². The molecule has 0 unspecified atom stereocenters. The molecular weight excluding hydrogens is 929 g/mol. The van der Waals surface area contributed by atoms with Crippen molar-refractivity contribution < 1.29 is 71.2 Å². The third kappa shape index (κ3) is 19.8. The molecule has 0 heterocycles. The van der Waals surface area contributed by atoms with Crippen LogP contribution in [0.1, 0.15) is 34.1 Å². The number of amides is 2. The van der Waals surface area contributed by atoms with Crippen LogP contribution in [-0.4, -0.2) is 196 Å². The number of benzene rings is 4. The van der Waals surface area contributed by atoms with Gasteiger partial charge >= 0.3 is 12.2 Å². The quantitative estimate of drug-likeness (QED) is 0.0474. The predicted octanol–water partition coefficient (Wildman–Crippen LogP) is 6.59. The number of rotatable bonds is 40. The van der Waals surface area contributed by atoms with Crippen molar-refractivity contribution in [2.24, 2.45) is 0 Å². The second-order valence-electron chi connectivity index (χ2n) is 16.7. The first-order valence-corrected chi connectivity index (χ1v) is 25.1. The summed E-state index contributed by atoms with van der Waals surface area (Å²) in [5.41, 5.74) is 9.54. The Hall–Kier alpha value is -5.02. The Morgan fingerprint density at radius 3 is 0.958 bits per heavy atom. The van der Waals surface area contributed by atoms with Crippen molar-refractivity contribution >= 4 is 12.2 Å². The van der Waals surface area contributed by atoms with Crippen LogP contribution in [0.3, 0.4) is 0 Å². The molecule has 0 saturated heterocycles. The summed E-state index contributed by atoms with van der Waals surface area (Å²) in [5, 5.41) is 2.75. The SMILES string of the molecule is CN(CCOCCOCCOCCOCCOCCOCCOCCOCCOCCOCCOCCNC(=O)OCC1c2ccccc2-c2ccccc21)C(=O)OCC1c2ccccc2-c2ccccc21. The molecule has 6 rings (SSSR count). The molecule has 17 heteroatoms. The Morgan fingerprint density at radius 1 is 0.375 bits per heavy atom. The number of alkyl carbamates (subject to hydrolysis) is 1. The minimum Gasteiger partial charge on any atom is -0.449 e. The van der Waals surface area contributed by atoms with E-state index in [1.165, 1.54) is 49.4 Å². The third-order valence-corrected chi connectivity index (χ3v) is 11.8. The number of nitrogens with one attached hydrogen (secondary N) is 1. The molecule has 0 saturated carbocycles. The number of fused-ring (bicyclic) bond motifs is 6. The lowest BCUT2D eigenvalue weighted by atomic mass is 9.98. The van der Waals surface area contributed by atoms with Gasteiger partial charge in [0.1, 0.15) is 13.2 Å². The molecule has 4 aromatic carbocycles. The average Bonchev–Trinajstić information content (AvgIpc) is 3.91. The van der Waals surface area contributed by atoms with Gasteiger partial charge in [-0.15, -0.1) is 0 Å². The Kier molecular flexibility index (Phi) is 26.9. The van der Waals surface area contributed by atoms with Crippen molar-refractivity contribution in [3.63, 3.8) is 0 Å². The molecular formula is C55H74N2O15. The topological polar surface area (TPSA) is 169 Å². The normalized spacial score (nSPS) is 12.6. The first kappa shape index (κ1) is 56.3. The van der Waals surface area contributed by atoms with E-state index in [2.05, 4.69) is 53.8 Å². The average molecular weight is 1000 g/mol. The standard InChI is InChI=1S/C55H74N2O15/c1-57(55(59)72-43-53-50-16-8-4-12-46(50)47-13-5-9-17-51(47)53)19-21-61-23-25-63-27-29-65-31-33-67-35-37-69-39-41-70-40-38-68-36-34-66-32-30-64-28-26-62-24-22-60-20-18-56-54(58)71-42-52-48-14-6-2-10-44(48)45-11-3-7-15-49(45)52/h2-17,52-53H,18-43H2,1H3,(H,56,58). The Morgan fingerprint density at radius 2 is 0.639 bits per heavy atom. The molecule has 2 aliphatic carbocycles. The monoisotopic (exact) mass is 1000 g/mol. The molecule has 394 valence electrons. The van der Waals surface area contributed by atoms with Crippen molar-refractivity contribution in [1.82, 2.24) is 10.2 Å². The number of likely N-dealkylation sites (N-methyl/N-ethyl adjacent to an activating group) is 1. The largest absolute Gasteiger partial charge is 0.449 e. The molecule has 4 aromatic rings. The zero-order valence-corrected chi connectivity index (χ0v) is 41.8. The molecule has 0 bridgehead atoms. The van der Waals surface area contributed by atoms with Crippen LogP contribution in [0.5, 0.6) is 0 Å². The van der Waals surface area contributed by atoms with Gasteiger partial charge in [-0.1, -0.05) is 97.1 Å². The highest BCUT2D eigenvalue weighted by atomic mass is 16.6. The second kappa shape index (κ2) is 34.4. The van der Waals surface area contributed by atoms with Crippen LogP contribution in [0.25, 0.3) is 22.3 Å². The Balaban J connectivity index is 0.588. The summed E-state index contributed by atoms with van der Waals surface area (Å²) in [6.07, 6.45) is -0.827. The first-order valence-electron chi connectivity index (χ1n) is 25.1. The zero-order chi connectivity index (χ0) is 50.1. The molecule has 0 radical (unpaired) electrons. The van der Waals surface area contributed by atoms with Gasteiger partial charge in [0.2, 0.25) is 0 Å². The zero-order valence-electron chi connectivity index (χ0n) is 41.8. The first-order chi connectivity index (χ1) is 35.6. The van der Waals surface area contributed by atoms with Gasteiger partial charge in [-0.3, -0.25) is 0 Å².